The normalized spacial score (nSPS) is 33.2. The zero-order chi connectivity index (χ0) is 77.2. The average Bonchev–Trinajstić information content (AvgIpc) is 1.02. The number of hydrogen-bond acceptors (Lipinski definition) is 13. The molecule has 2 bridgehead atoms. The number of ether oxygens (including phenoxy) is 1. The maximum Gasteiger partial charge on any atom is 0.251 e. The van der Waals surface area contributed by atoms with Gasteiger partial charge < -0.3 is 64.8 Å². The van der Waals surface area contributed by atoms with Gasteiger partial charge in [0.2, 0.25) is 70.9 Å². The first-order chi connectivity index (χ1) is 50.3. The molecule has 9 aliphatic rings. The topological polar surface area (TPSA) is 279 Å². The Morgan fingerprint density at radius 1 is 0.613 bits per heavy atom. The third-order valence-corrected chi connectivity index (χ3v) is 26.3. The highest BCUT2D eigenvalue weighted by molar-refractivity contribution is 6.01. The fourth-order valence-electron chi connectivity index (χ4n) is 19.1. The van der Waals surface area contributed by atoms with Gasteiger partial charge in [0, 0.05) is 94.8 Å². The van der Waals surface area contributed by atoms with Crippen LogP contribution in [0.5, 0.6) is 0 Å². The summed E-state index contributed by atoms with van der Waals surface area (Å²) in [4.78, 5) is 195. The van der Waals surface area contributed by atoms with Crippen molar-refractivity contribution in [1.82, 2.24) is 60.0 Å². The van der Waals surface area contributed by atoms with E-state index in [9.17, 15) is 19.2 Å². The molecule has 13 atom stereocenters. The molecule has 0 radical (unpaired) electrons. The number of hydrogen-bond donors (Lipinski definition) is 3. The van der Waals surface area contributed by atoms with Crippen LogP contribution in [-0.4, -0.2) is 270 Å². The van der Waals surface area contributed by atoms with E-state index in [2.05, 4.69) is 22.9 Å². The molecule has 3 aliphatic heterocycles. The van der Waals surface area contributed by atoms with Crippen molar-refractivity contribution in [2.45, 2.75) is 280 Å². The number of rotatable bonds is 13. The van der Waals surface area contributed by atoms with Crippen LogP contribution in [0.4, 0.5) is 8.78 Å². The van der Waals surface area contributed by atoms with Crippen molar-refractivity contribution in [3.05, 3.63) is 12.2 Å². The summed E-state index contributed by atoms with van der Waals surface area (Å²) in [6.45, 7) is 6.89. The largest absolute Gasteiger partial charge is 0.377 e. The number of amides is 12. The highest BCUT2D eigenvalue weighted by Crippen LogP contribution is 2.53. The van der Waals surface area contributed by atoms with Crippen LogP contribution in [-0.2, 0) is 62.3 Å². The molecule has 25 nitrogen and oxygen atoms in total. The van der Waals surface area contributed by atoms with Gasteiger partial charge in [-0.25, -0.2) is 8.78 Å². The molecule has 2 saturated heterocycles. The minimum atomic E-state index is -2.75. The second-order valence-corrected chi connectivity index (χ2v) is 33.7. The molecule has 1 spiro atoms. The van der Waals surface area contributed by atoms with Crippen LogP contribution in [0.1, 0.15) is 214 Å². The van der Waals surface area contributed by atoms with Gasteiger partial charge in [-0.1, -0.05) is 104 Å². The van der Waals surface area contributed by atoms with Crippen LogP contribution in [0.15, 0.2) is 12.2 Å². The molecule has 594 valence electrons. The van der Waals surface area contributed by atoms with Gasteiger partial charge in [0.05, 0.1) is 25.6 Å². The summed E-state index contributed by atoms with van der Waals surface area (Å²) < 4.78 is 36.4. The van der Waals surface area contributed by atoms with Crippen LogP contribution >= 0.6 is 0 Å². The summed E-state index contributed by atoms with van der Waals surface area (Å²) in [5.41, 5.74) is -1.53. The molecule has 0 aromatic heterocycles. The summed E-state index contributed by atoms with van der Waals surface area (Å²) in [5, 5.41) is 9.08. The smallest absolute Gasteiger partial charge is 0.251 e. The molecule has 0 aromatic carbocycles. The lowest BCUT2D eigenvalue weighted by Crippen LogP contribution is -2.68. The van der Waals surface area contributed by atoms with Gasteiger partial charge >= 0.3 is 0 Å². The van der Waals surface area contributed by atoms with Crippen LogP contribution in [0.2, 0.25) is 0 Å². The first kappa shape index (κ1) is 83.2. The molecule has 6 saturated carbocycles. The molecular formula is C79H126F2N12O13. The highest BCUT2D eigenvalue weighted by Gasteiger charge is 2.55. The van der Waals surface area contributed by atoms with E-state index >= 15 is 47.1 Å². The third kappa shape index (κ3) is 19.4. The number of nitrogens with zero attached hydrogens (tertiary/aromatic N) is 9. The summed E-state index contributed by atoms with van der Waals surface area (Å²) in [5.74, 6) is -11.2. The van der Waals surface area contributed by atoms with Gasteiger partial charge in [-0.3, -0.25) is 57.5 Å². The van der Waals surface area contributed by atoms with E-state index in [1.807, 2.05) is 19.1 Å². The Labute approximate surface area is 627 Å². The number of nitrogens with one attached hydrogen (secondary N) is 3. The molecule has 0 aromatic rings. The van der Waals surface area contributed by atoms with Crippen LogP contribution in [0.25, 0.3) is 0 Å². The van der Waals surface area contributed by atoms with Gasteiger partial charge in [0.25, 0.3) is 5.92 Å². The van der Waals surface area contributed by atoms with Gasteiger partial charge in [0.15, 0.2) is 0 Å². The number of halogens is 2. The Hall–Kier alpha value is -6.80. The van der Waals surface area contributed by atoms with E-state index in [4.69, 9.17) is 4.74 Å². The van der Waals surface area contributed by atoms with Crippen molar-refractivity contribution in [2.24, 2.45) is 47.3 Å². The number of likely N-dealkylation sites (N-methyl/N-ethyl adjacent to an activating group) is 7. The molecule has 3 N–H and O–H groups in total. The Bertz CT molecular complexity index is 3190. The molecule has 3 heterocycles. The first-order valence-corrected chi connectivity index (χ1v) is 40.2. The van der Waals surface area contributed by atoms with E-state index in [0.29, 0.717) is 70.1 Å². The monoisotopic (exact) mass is 1490 g/mol. The lowest BCUT2D eigenvalue weighted by Gasteiger charge is -2.46. The lowest BCUT2D eigenvalue weighted by atomic mass is 9.73. The Morgan fingerprint density at radius 3 is 1.90 bits per heavy atom. The van der Waals surface area contributed by atoms with Gasteiger partial charge in [-0.15, -0.1) is 0 Å². The van der Waals surface area contributed by atoms with E-state index in [1.165, 1.54) is 100 Å². The second kappa shape index (κ2) is 36.6. The van der Waals surface area contributed by atoms with Crippen LogP contribution in [0.3, 0.4) is 0 Å². The molecule has 27 heteroatoms. The standard InChI is InChI=1S/C79H126F2N12O13/c1-13-50(4)67-75(103)87(8)48-66(96)88(9)59-27-16-15-21-40-92(74(59)102)63(43-53-30-28-49(3)29-31-53)73(101)86(7)47-64(94)82-58(35-33-52-32-34-57-55(41-52)36-39-79(57,80)81)71(99)93-46-56(106-14-2)44-61(93)70(98)84-78(37-22-38-78)77(105)91(12)68(54-25-19-20-26-54)76(104)90(11)62(72(100)85(5)6)45-65(95)89(10)60(69(97)83-67)42-51-23-17-18-24-51/h15-16,49-63,67-68H,13-14,17-48H2,1-12H3,(H,82,94)(H,83,97)(H,84,98)/b16-15-/t49?,50-,52?,53?,55?,56+,57?,58-,59-,60-,61-,62-,63-,67-,68-/m0/s1. The highest BCUT2D eigenvalue weighted by atomic mass is 19.3. The summed E-state index contributed by atoms with van der Waals surface area (Å²) in [6, 6.07) is -9.60. The van der Waals surface area contributed by atoms with Crippen LogP contribution < -0.4 is 16.0 Å². The second-order valence-electron chi connectivity index (χ2n) is 33.7. The zero-order valence-corrected chi connectivity index (χ0v) is 65.6. The van der Waals surface area contributed by atoms with Gasteiger partial charge in [-0.2, -0.15) is 0 Å². The fourth-order valence-corrected chi connectivity index (χ4v) is 19.1. The Morgan fingerprint density at radius 2 is 1.25 bits per heavy atom. The van der Waals surface area contributed by atoms with Crippen molar-refractivity contribution in [3.63, 3.8) is 0 Å². The van der Waals surface area contributed by atoms with Crippen LogP contribution in [0, 0.1) is 47.3 Å². The quantitative estimate of drug-likeness (QED) is 0.165. The maximum absolute atomic E-state index is 15.7. The van der Waals surface area contributed by atoms with Crippen molar-refractivity contribution in [1.29, 1.82) is 0 Å². The van der Waals surface area contributed by atoms with Crippen molar-refractivity contribution in [2.75, 3.05) is 89.2 Å². The average molecular weight is 1490 g/mol. The van der Waals surface area contributed by atoms with E-state index < -0.39 is 168 Å². The molecular weight excluding hydrogens is 1360 g/mol. The van der Waals surface area contributed by atoms with Crippen molar-refractivity contribution in [3.8, 4) is 0 Å². The number of fused-ring (bicyclic) bond motifs is 4. The Balaban J connectivity index is 1.09. The van der Waals surface area contributed by atoms with Crippen molar-refractivity contribution >= 4 is 70.9 Å². The minimum Gasteiger partial charge on any atom is -0.377 e. The molecule has 9 rings (SSSR count). The molecule has 8 fully saturated rings. The minimum absolute atomic E-state index is 0.0327. The number of carbonyl (C=O) groups is 12. The predicted octanol–water partition coefficient (Wildman–Crippen LogP) is 6.54. The third-order valence-electron chi connectivity index (χ3n) is 26.3. The molecule has 12 amide bonds. The summed E-state index contributed by atoms with van der Waals surface area (Å²) in [6.07, 6.45) is 16.4. The molecule has 6 aliphatic carbocycles. The predicted molar refractivity (Wildman–Crippen MR) is 394 cm³/mol. The molecule has 106 heavy (non-hydrogen) atoms. The molecule has 3 unspecified atom stereocenters. The van der Waals surface area contributed by atoms with E-state index in [1.54, 1.807) is 13.8 Å². The first-order valence-electron chi connectivity index (χ1n) is 40.2. The summed E-state index contributed by atoms with van der Waals surface area (Å²) in [7, 11) is 11.9. The zero-order valence-electron chi connectivity index (χ0n) is 65.6. The SMILES string of the molecule is CCO[C@@H]1C[C@H]2C(=O)NC3(CCC3)C(=O)N(C)[C@@H](C3CCCC3)C(=O)N(C)[C@H](C(=O)N(C)C)CC(=O)N(C)[C@@H](CC3CCCC3)C(=O)N[C@@H]([C@@H](C)CC)C(=O)N(C)CC(=O)N(C)[C@H]3C/C=C\CCN(C3=O)[C@@H](CC3CCC(C)CC3)C(=O)N(C)CC(=O)N[C@@H](CCC3CCC4C(CCC4(F)F)C3)C(=O)N2C1. The van der Waals surface area contributed by atoms with Crippen molar-refractivity contribution < 1.29 is 71.1 Å². The Kier molecular flexibility index (Phi) is 28.7. The van der Waals surface area contributed by atoms with E-state index in [0.717, 1.165) is 64.2 Å². The van der Waals surface area contributed by atoms with Gasteiger partial charge in [0.1, 0.15) is 53.9 Å². The number of carbonyl (C=O) groups excluding carboxylic acids is 12. The maximum atomic E-state index is 15.7. The number of alkyl halides is 2. The summed E-state index contributed by atoms with van der Waals surface area (Å²) >= 11 is 0. The fraction of sp³-hybridized carbons (Fsp3) is 0.823. The van der Waals surface area contributed by atoms with Gasteiger partial charge in [-0.05, 0) is 145 Å². The van der Waals surface area contributed by atoms with E-state index in [-0.39, 0.29) is 101 Å². The lowest BCUT2D eigenvalue weighted by molar-refractivity contribution is -0.158.